The molecule has 0 fully saturated rings. The molecule has 2 heteroatoms. The number of ether oxygens (including phenoxy) is 1. The van der Waals surface area contributed by atoms with Crippen molar-refractivity contribution in [3.05, 3.63) is 35.9 Å². The first-order valence-corrected chi connectivity index (χ1v) is 4.09. The van der Waals surface area contributed by atoms with Crippen molar-refractivity contribution in [2.45, 2.75) is 19.6 Å². The Labute approximate surface area is 72.8 Å². The van der Waals surface area contributed by atoms with Crippen LogP contribution in [0, 0.1) is 0 Å². The maximum Gasteiger partial charge on any atom is 0.0745 e. The van der Waals surface area contributed by atoms with Gasteiger partial charge in [0.25, 0.3) is 0 Å². The molecule has 0 radical (unpaired) electrons. The molecule has 1 atom stereocenters. The Hall–Kier alpha value is -0.860. The van der Waals surface area contributed by atoms with Crippen molar-refractivity contribution >= 4 is 0 Å². The number of hydrogen-bond acceptors (Lipinski definition) is 2. The summed E-state index contributed by atoms with van der Waals surface area (Å²) >= 11 is 0. The van der Waals surface area contributed by atoms with Crippen molar-refractivity contribution in [1.29, 1.82) is 0 Å². The molecule has 0 saturated carbocycles. The van der Waals surface area contributed by atoms with Gasteiger partial charge in [0, 0.05) is 0 Å². The fraction of sp³-hybridized carbons (Fsp3) is 0.400. The van der Waals surface area contributed by atoms with Gasteiger partial charge in [-0.15, -0.1) is 0 Å². The summed E-state index contributed by atoms with van der Waals surface area (Å²) in [7, 11) is 0. The predicted octanol–water partition coefficient (Wildman–Crippen LogP) is 1.58. The molecule has 1 aromatic rings. The van der Waals surface area contributed by atoms with E-state index in [9.17, 15) is 0 Å². The Morgan fingerprint density at radius 1 is 1.33 bits per heavy atom. The van der Waals surface area contributed by atoms with Crippen LogP contribution in [0.4, 0.5) is 0 Å². The summed E-state index contributed by atoms with van der Waals surface area (Å²) in [6.07, 6.45) is -0.381. The monoisotopic (exact) mass is 166 g/mol. The number of rotatable bonds is 4. The third-order valence-electron chi connectivity index (χ3n) is 1.47. The molecule has 0 unspecified atom stereocenters. The van der Waals surface area contributed by atoms with E-state index < -0.39 is 0 Å². The van der Waals surface area contributed by atoms with Gasteiger partial charge < -0.3 is 9.84 Å². The van der Waals surface area contributed by atoms with Crippen LogP contribution in [-0.4, -0.2) is 17.8 Å². The molecule has 0 amide bonds. The van der Waals surface area contributed by atoms with Gasteiger partial charge in [0.2, 0.25) is 0 Å². The van der Waals surface area contributed by atoms with Gasteiger partial charge in [0.1, 0.15) is 0 Å². The van der Waals surface area contributed by atoms with Crippen molar-refractivity contribution in [3.63, 3.8) is 0 Å². The third kappa shape index (κ3) is 3.51. The highest BCUT2D eigenvalue weighted by Gasteiger charge is 1.95. The minimum atomic E-state index is -0.381. The second kappa shape index (κ2) is 4.91. The van der Waals surface area contributed by atoms with Crippen LogP contribution in [0.2, 0.25) is 0 Å². The van der Waals surface area contributed by atoms with Gasteiger partial charge in [-0.3, -0.25) is 0 Å². The van der Waals surface area contributed by atoms with Gasteiger partial charge in [-0.2, -0.15) is 0 Å². The molecule has 0 heterocycles. The fourth-order valence-electron chi connectivity index (χ4n) is 0.922. The molecule has 0 aliphatic carbocycles. The van der Waals surface area contributed by atoms with Crippen LogP contribution in [0.3, 0.4) is 0 Å². The number of aliphatic hydroxyl groups excluding tert-OH is 1. The molecule has 1 N–H and O–H groups in total. The van der Waals surface area contributed by atoms with E-state index in [0.717, 1.165) is 5.56 Å². The molecule has 0 aliphatic rings. The highest BCUT2D eigenvalue weighted by molar-refractivity contribution is 5.13. The lowest BCUT2D eigenvalue weighted by atomic mass is 10.2. The topological polar surface area (TPSA) is 29.5 Å². The van der Waals surface area contributed by atoms with Crippen molar-refractivity contribution in [2.24, 2.45) is 0 Å². The van der Waals surface area contributed by atoms with Gasteiger partial charge in [-0.25, -0.2) is 0 Å². The second-order valence-electron chi connectivity index (χ2n) is 2.85. The van der Waals surface area contributed by atoms with Crippen LogP contribution in [0.5, 0.6) is 0 Å². The first-order valence-electron chi connectivity index (χ1n) is 4.09. The number of benzene rings is 1. The van der Waals surface area contributed by atoms with Gasteiger partial charge in [0.05, 0.1) is 19.3 Å². The molecule has 12 heavy (non-hydrogen) atoms. The zero-order chi connectivity index (χ0) is 8.81. The minimum Gasteiger partial charge on any atom is -0.391 e. The van der Waals surface area contributed by atoms with Gasteiger partial charge in [-0.1, -0.05) is 30.3 Å². The quantitative estimate of drug-likeness (QED) is 0.736. The van der Waals surface area contributed by atoms with Crippen LogP contribution in [0.25, 0.3) is 0 Å². The van der Waals surface area contributed by atoms with Crippen molar-refractivity contribution < 1.29 is 9.84 Å². The van der Waals surface area contributed by atoms with Crippen LogP contribution >= 0.6 is 0 Å². The van der Waals surface area contributed by atoms with E-state index in [-0.39, 0.29) is 6.10 Å². The average molecular weight is 166 g/mol. The van der Waals surface area contributed by atoms with Crippen molar-refractivity contribution in [2.75, 3.05) is 6.61 Å². The van der Waals surface area contributed by atoms with E-state index in [0.29, 0.717) is 13.2 Å². The molecule has 0 saturated heterocycles. The Balaban J connectivity index is 2.25. The normalized spacial score (nSPS) is 12.8. The van der Waals surface area contributed by atoms with E-state index in [1.54, 1.807) is 6.92 Å². The van der Waals surface area contributed by atoms with Crippen LogP contribution in [-0.2, 0) is 11.3 Å². The SMILES string of the molecule is C[C@@H](O)COCc1ccccc1. The zero-order valence-corrected chi connectivity index (χ0v) is 7.23. The van der Waals surface area contributed by atoms with E-state index in [1.807, 2.05) is 30.3 Å². The molecular weight excluding hydrogens is 152 g/mol. The molecule has 0 aliphatic heterocycles. The summed E-state index contributed by atoms with van der Waals surface area (Å²) in [6.45, 7) is 2.69. The lowest BCUT2D eigenvalue weighted by Gasteiger charge is -2.05. The lowest BCUT2D eigenvalue weighted by Crippen LogP contribution is -2.09. The summed E-state index contributed by atoms with van der Waals surface area (Å²) in [5.74, 6) is 0. The first-order chi connectivity index (χ1) is 5.79. The Kier molecular flexibility index (Phi) is 3.77. The summed E-state index contributed by atoms with van der Waals surface area (Å²) in [4.78, 5) is 0. The van der Waals surface area contributed by atoms with Crippen LogP contribution in [0.1, 0.15) is 12.5 Å². The standard InChI is InChI=1S/C10H14O2/c1-9(11)7-12-8-10-5-3-2-4-6-10/h2-6,9,11H,7-8H2,1H3/t9-/m1/s1. The molecule has 2 nitrogen and oxygen atoms in total. The van der Waals surface area contributed by atoms with E-state index in [4.69, 9.17) is 9.84 Å². The maximum atomic E-state index is 8.91. The second-order valence-corrected chi connectivity index (χ2v) is 2.85. The van der Waals surface area contributed by atoms with E-state index in [2.05, 4.69) is 0 Å². The maximum absolute atomic E-state index is 8.91. The van der Waals surface area contributed by atoms with Crippen molar-refractivity contribution in [3.8, 4) is 0 Å². The molecule has 0 aromatic heterocycles. The average Bonchev–Trinajstić information content (AvgIpc) is 2.05. The van der Waals surface area contributed by atoms with Gasteiger partial charge in [0.15, 0.2) is 0 Å². The van der Waals surface area contributed by atoms with Crippen molar-refractivity contribution in [1.82, 2.24) is 0 Å². The molecule has 0 bridgehead atoms. The highest BCUT2D eigenvalue weighted by Crippen LogP contribution is 2.00. The zero-order valence-electron chi connectivity index (χ0n) is 7.23. The number of hydrogen-bond donors (Lipinski definition) is 1. The summed E-state index contributed by atoms with van der Waals surface area (Å²) in [5, 5.41) is 8.91. The molecule has 1 aromatic carbocycles. The third-order valence-corrected chi connectivity index (χ3v) is 1.47. The molecular formula is C10H14O2. The minimum absolute atomic E-state index is 0.381. The lowest BCUT2D eigenvalue weighted by molar-refractivity contribution is 0.0376. The van der Waals surface area contributed by atoms with Crippen LogP contribution < -0.4 is 0 Å². The Morgan fingerprint density at radius 2 is 2.00 bits per heavy atom. The van der Waals surface area contributed by atoms with E-state index in [1.165, 1.54) is 0 Å². The molecule has 0 spiro atoms. The highest BCUT2D eigenvalue weighted by atomic mass is 16.5. The summed E-state index contributed by atoms with van der Waals surface area (Å²) in [5.41, 5.74) is 1.14. The first kappa shape index (κ1) is 9.23. The molecule has 66 valence electrons. The van der Waals surface area contributed by atoms with Gasteiger partial charge >= 0.3 is 0 Å². The largest absolute Gasteiger partial charge is 0.391 e. The predicted molar refractivity (Wildman–Crippen MR) is 47.8 cm³/mol. The fourth-order valence-corrected chi connectivity index (χ4v) is 0.922. The Morgan fingerprint density at radius 3 is 2.58 bits per heavy atom. The Bertz CT molecular complexity index is 206. The number of aliphatic hydroxyl groups is 1. The molecule has 1 rings (SSSR count). The summed E-state index contributed by atoms with van der Waals surface area (Å²) in [6, 6.07) is 9.92. The van der Waals surface area contributed by atoms with Crippen LogP contribution in [0.15, 0.2) is 30.3 Å². The summed E-state index contributed by atoms with van der Waals surface area (Å²) < 4.78 is 5.23. The van der Waals surface area contributed by atoms with E-state index >= 15 is 0 Å². The smallest absolute Gasteiger partial charge is 0.0745 e. The van der Waals surface area contributed by atoms with Gasteiger partial charge in [-0.05, 0) is 12.5 Å².